The highest BCUT2D eigenvalue weighted by molar-refractivity contribution is 5.66. The lowest BCUT2D eigenvalue weighted by molar-refractivity contribution is -0.917. The standard InChI is InChI=1S/C16H26NO2/c1-6-12-17(4,5)13(2)16(19-14(3)18)15-10-8-7-9-11-15/h7-11,13,16H,6,12H2,1-5H3/q+1/t13-,16-/m1/s1. The van der Waals surface area contributed by atoms with E-state index in [4.69, 9.17) is 4.74 Å². The zero-order valence-corrected chi connectivity index (χ0v) is 12.7. The average molecular weight is 264 g/mol. The summed E-state index contributed by atoms with van der Waals surface area (Å²) in [5.74, 6) is -0.225. The minimum atomic E-state index is -0.225. The minimum absolute atomic E-state index is 0.194. The SMILES string of the molecule is CCC[N+](C)(C)[C@H](C)[C@@H](OC(C)=O)c1ccccc1. The van der Waals surface area contributed by atoms with Gasteiger partial charge in [-0.1, -0.05) is 37.3 Å². The van der Waals surface area contributed by atoms with Crippen LogP contribution in [0.3, 0.4) is 0 Å². The van der Waals surface area contributed by atoms with E-state index in [9.17, 15) is 4.79 Å². The summed E-state index contributed by atoms with van der Waals surface area (Å²) in [6.45, 7) is 6.86. The van der Waals surface area contributed by atoms with E-state index in [-0.39, 0.29) is 18.1 Å². The van der Waals surface area contributed by atoms with Crippen molar-refractivity contribution in [3.63, 3.8) is 0 Å². The molecule has 0 radical (unpaired) electrons. The third-order valence-electron chi connectivity index (χ3n) is 3.76. The number of ether oxygens (including phenoxy) is 1. The molecular weight excluding hydrogens is 238 g/mol. The molecule has 0 fully saturated rings. The van der Waals surface area contributed by atoms with Gasteiger partial charge in [0, 0.05) is 6.92 Å². The van der Waals surface area contributed by atoms with Crippen LogP contribution in [0.15, 0.2) is 30.3 Å². The second-order valence-corrected chi connectivity index (χ2v) is 5.68. The zero-order chi connectivity index (χ0) is 14.5. The Balaban J connectivity index is 3.00. The number of quaternary nitrogens is 1. The summed E-state index contributed by atoms with van der Waals surface area (Å²) in [5.41, 5.74) is 1.06. The number of esters is 1. The van der Waals surface area contributed by atoms with Crippen LogP contribution in [0.2, 0.25) is 0 Å². The van der Waals surface area contributed by atoms with Gasteiger partial charge >= 0.3 is 5.97 Å². The van der Waals surface area contributed by atoms with Crippen molar-refractivity contribution in [2.75, 3.05) is 20.6 Å². The molecule has 0 N–H and O–H groups in total. The quantitative estimate of drug-likeness (QED) is 0.583. The minimum Gasteiger partial charge on any atom is -0.451 e. The van der Waals surface area contributed by atoms with Crippen LogP contribution < -0.4 is 0 Å². The van der Waals surface area contributed by atoms with Crippen molar-refractivity contribution in [2.24, 2.45) is 0 Å². The molecule has 1 rings (SSSR count). The molecule has 0 bridgehead atoms. The van der Waals surface area contributed by atoms with Gasteiger partial charge in [-0.15, -0.1) is 0 Å². The summed E-state index contributed by atoms with van der Waals surface area (Å²) in [5, 5.41) is 0. The first-order chi connectivity index (χ1) is 8.88. The molecular formula is C16H26NO2+. The maximum absolute atomic E-state index is 11.4. The molecule has 0 amide bonds. The van der Waals surface area contributed by atoms with E-state index in [0.29, 0.717) is 0 Å². The fraction of sp³-hybridized carbons (Fsp3) is 0.562. The van der Waals surface area contributed by atoms with Gasteiger partial charge in [-0.3, -0.25) is 4.79 Å². The molecule has 106 valence electrons. The fourth-order valence-corrected chi connectivity index (χ4v) is 2.41. The molecule has 19 heavy (non-hydrogen) atoms. The van der Waals surface area contributed by atoms with Crippen LogP contribution >= 0.6 is 0 Å². The average Bonchev–Trinajstić information content (AvgIpc) is 2.36. The number of benzene rings is 1. The number of likely N-dealkylation sites (N-methyl/N-ethyl adjacent to an activating group) is 1. The zero-order valence-electron chi connectivity index (χ0n) is 12.7. The lowest BCUT2D eigenvalue weighted by atomic mass is 10.0. The molecule has 3 heteroatoms. The van der Waals surface area contributed by atoms with Crippen molar-refractivity contribution in [3.05, 3.63) is 35.9 Å². The predicted octanol–water partition coefficient (Wildman–Crippen LogP) is 3.17. The third kappa shape index (κ3) is 4.35. The molecule has 1 aromatic carbocycles. The van der Waals surface area contributed by atoms with Gasteiger partial charge in [0.05, 0.1) is 20.6 Å². The van der Waals surface area contributed by atoms with Crippen LogP contribution in [0.5, 0.6) is 0 Å². The lowest BCUT2D eigenvalue weighted by Gasteiger charge is -2.39. The Morgan fingerprint density at radius 1 is 1.26 bits per heavy atom. The summed E-state index contributed by atoms with van der Waals surface area (Å²) in [4.78, 5) is 11.4. The first kappa shape index (κ1) is 15.7. The van der Waals surface area contributed by atoms with Crippen molar-refractivity contribution in [2.45, 2.75) is 39.3 Å². The van der Waals surface area contributed by atoms with Gasteiger partial charge in [0.25, 0.3) is 0 Å². The van der Waals surface area contributed by atoms with Gasteiger partial charge in [-0.25, -0.2) is 0 Å². The largest absolute Gasteiger partial charge is 0.451 e. The van der Waals surface area contributed by atoms with Gasteiger partial charge in [-0.05, 0) is 18.9 Å². The highest BCUT2D eigenvalue weighted by Crippen LogP contribution is 2.27. The van der Waals surface area contributed by atoms with Crippen LogP contribution in [0.4, 0.5) is 0 Å². The van der Waals surface area contributed by atoms with E-state index in [1.54, 1.807) is 0 Å². The molecule has 0 spiro atoms. The number of hydrogen-bond donors (Lipinski definition) is 0. The van der Waals surface area contributed by atoms with Crippen LogP contribution in [0.1, 0.15) is 38.9 Å². The first-order valence-corrected chi connectivity index (χ1v) is 6.93. The third-order valence-corrected chi connectivity index (χ3v) is 3.76. The Kier molecular flexibility index (Phi) is 5.55. The van der Waals surface area contributed by atoms with E-state index in [1.807, 2.05) is 30.3 Å². The Hall–Kier alpha value is -1.35. The summed E-state index contributed by atoms with van der Waals surface area (Å²) >= 11 is 0. The first-order valence-electron chi connectivity index (χ1n) is 6.93. The smallest absolute Gasteiger partial charge is 0.303 e. The summed E-state index contributed by atoms with van der Waals surface area (Å²) in [6.07, 6.45) is 0.916. The molecule has 0 saturated heterocycles. The van der Waals surface area contributed by atoms with Crippen molar-refractivity contribution in [1.82, 2.24) is 0 Å². The number of hydrogen-bond acceptors (Lipinski definition) is 2. The van der Waals surface area contributed by atoms with Gasteiger partial charge in [0.1, 0.15) is 6.04 Å². The van der Waals surface area contributed by atoms with Gasteiger partial charge < -0.3 is 9.22 Å². The predicted molar refractivity (Wildman–Crippen MR) is 77.7 cm³/mol. The molecule has 0 unspecified atom stereocenters. The van der Waals surface area contributed by atoms with Crippen molar-refractivity contribution < 1.29 is 14.0 Å². The fourth-order valence-electron chi connectivity index (χ4n) is 2.41. The van der Waals surface area contributed by atoms with Crippen LogP contribution in [0, 0.1) is 0 Å². The van der Waals surface area contributed by atoms with Crippen molar-refractivity contribution in [3.8, 4) is 0 Å². The van der Waals surface area contributed by atoms with Crippen LogP contribution in [-0.4, -0.2) is 37.1 Å². The molecule has 0 aromatic heterocycles. The maximum atomic E-state index is 11.4. The van der Waals surface area contributed by atoms with Gasteiger partial charge in [0.2, 0.25) is 0 Å². The molecule has 0 aliphatic carbocycles. The molecule has 0 heterocycles. The van der Waals surface area contributed by atoms with E-state index < -0.39 is 0 Å². The Morgan fingerprint density at radius 3 is 2.32 bits per heavy atom. The van der Waals surface area contributed by atoms with Gasteiger partial charge in [0.15, 0.2) is 6.10 Å². The number of rotatable bonds is 6. The Labute approximate surface area is 116 Å². The molecule has 0 saturated carbocycles. The molecule has 0 aliphatic heterocycles. The molecule has 0 aliphatic rings. The maximum Gasteiger partial charge on any atom is 0.303 e. The number of nitrogens with zero attached hydrogens (tertiary/aromatic N) is 1. The Morgan fingerprint density at radius 2 is 1.84 bits per heavy atom. The second-order valence-electron chi connectivity index (χ2n) is 5.68. The van der Waals surface area contributed by atoms with Crippen molar-refractivity contribution >= 4 is 5.97 Å². The summed E-state index contributed by atoms with van der Waals surface area (Å²) in [7, 11) is 4.38. The molecule has 1 aromatic rings. The van der Waals surface area contributed by atoms with E-state index in [0.717, 1.165) is 23.0 Å². The van der Waals surface area contributed by atoms with Crippen LogP contribution in [0.25, 0.3) is 0 Å². The van der Waals surface area contributed by atoms with E-state index >= 15 is 0 Å². The number of carbonyl (C=O) groups is 1. The lowest BCUT2D eigenvalue weighted by Crippen LogP contribution is -2.51. The molecule has 2 atom stereocenters. The van der Waals surface area contributed by atoms with Crippen molar-refractivity contribution in [1.29, 1.82) is 0 Å². The molecule has 3 nitrogen and oxygen atoms in total. The van der Waals surface area contributed by atoms with Crippen LogP contribution in [-0.2, 0) is 9.53 Å². The van der Waals surface area contributed by atoms with E-state index in [1.165, 1.54) is 6.92 Å². The second kappa shape index (κ2) is 6.71. The summed E-state index contributed by atoms with van der Waals surface area (Å²) < 4.78 is 6.41. The monoisotopic (exact) mass is 264 g/mol. The van der Waals surface area contributed by atoms with Gasteiger partial charge in [-0.2, -0.15) is 0 Å². The highest BCUT2D eigenvalue weighted by atomic mass is 16.5. The number of carbonyl (C=O) groups excluding carboxylic acids is 1. The highest BCUT2D eigenvalue weighted by Gasteiger charge is 2.34. The Bertz CT molecular complexity index is 400. The van der Waals surface area contributed by atoms with E-state index in [2.05, 4.69) is 27.9 Å². The summed E-state index contributed by atoms with van der Waals surface area (Å²) in [6, 6.07) is 10.2. The topological polar surface area (TPSA) is 26.3 Å². The normalized spacial score (nSPS) is 14.8.